The maximum Gasteiger partial charge on any atom is 0.472 e. The molecule has 0 aromatic rings. The number of ether oxygens (including phenoxy) is 2. The number of carbonyl (C=O) groups excluding carboxylic acids is 2. The number of hydrogen-bond acceptors (Lipinski definition) is 13. The van der Waals surface area contributed by atoms with Crippen LogP contribution >= 0.6 is 15.6 Å². The van der Waals surface area contributed by atoms with E-state index in [0.29, 0.717) is 19.3 Å². The van der Waals surface area contributed by atoms with Gasteiger partial charge in [0.15, 0.2) is 0 Å². The third-order valence-electron chi connectivity index (χ3n) is 10.8. The average Bonchev–Trinajstić information content (AvgIpc) is 3.36. The van der Waals surface area contributed by atoms with E-state index in [2.05, 4.69) is 94.3 Å². The van der Waals surface area contributed by atoms with Gasteiger partial charge in [-0.05, 0) is 77.0 Å². The van der Waals surface area contributed by atoms with Crippen molar-refractivity contribution in [1.82, 2.24) is 0 Å². The molecule has 0 aliphatic heterocycles. The average molecular weight is 1060 g/mol. The lowest BCUT2D eigenvalue weighted by Gasteiger charge is -2.19. The molecule has 0 aliphatic rings. The summed E-state index contributed by atoms with van der Waals surface area (Å²) in [4.78, 5) is 43.9. The molecule has 0 aromatic carbocycles. The van der Waals surface area contributed by atoms with Crippen molar-refractivity contribution in [2.24, 2.45) is 0 Å². The van der Waals surface area contributed by atoms with Crippen LogP contribution in [0.15, 0.2) is 85.1 Å². The zero-order chi connectivity index (χ0) is 53.1. The minimum absolute atomic E-state index is 0.0675. The lowest BCUT2D eigenvalue weighted by Crippen LogP contribution is -2.25. The Labute approximate surface area is 434 Å². The predicted octanol–water partition coefficient (Wildman–Crippen LogP) is 13.3. The largest absolute Gasteiger partial charge is 0.472 e. The highest BCUT2D eigenvalue weighted by molar-refractivity contribution is 7.47. The van der Waals surface area contributed by atoms with Gasteiger partial charge < -0.3 is 34.6 Å². The molecule has 416 valence electrons. The summed E-state index contributed by atoms with van der Waals surface area (Å²) in [6.45, 7) is 0.223. The van der Waals surface area contributed by atoms with Crippen LogP contribution in [0.3, 0.4) is 0 Å². The van der Waals surface area contributed by atoms with Gasteiger partial charge in [-0.15, -0.1) is 0 Å². The van der Waals surface area contributed by atoms with Crippen LogP contribution in [0.1, 0.15) is 194 Å². The number of phosphoric ester groups is 2. The Bertz CT molecular complexity index is 1610. The molecule has 0 aliphatic carbocycles. The second kappa shape index (κ2) is 50.4. The molecule has 0 rings (SSSR count). The van der Waals surface area contributed by atoms with Crippen molar-refractivity contribution in [2.45, 2.75) is 212 Å². The molecule has 5 N–H and O–H groups in total. The number of aliphatic hydroxyl groups excluding tert-OH is 3. The molecule has 0 saturated heterocycles. The van der Waals surface area contributed by atoms with Crippen LogP contribution in [0.2, 0.25) is 0 Å². The smallest absolute Gasteiger partial charge is 0.463 e. The van der Waals surface area contributed by atoms with E-state index in [4.69, 9.17) is 14.0 Å². The summed E-state index contributed by atoms with van der Waals surface area (Å²) in [5.74, 6) is -1.08. The fourth-order valence-corrected chi connectivity index (χ4v) is 8.29. The van der Waals surface area contributed by atoms with E-state index in [9.17, 15) is 43.8 Å². The molecule has 0 saturated carbocycles. The van der Waals surface area contributed by atoms with Crippen molar-refractivity contribution < 1.29 is 71.4 Å². The van der Waals surface area contributed by atoms with E-state index in [-0.39, 0.29) is 12.8 Å². The first-order valence-electron chi connectivity index (χ1n) is 26.9. The zero-order valence-electron chi connectivity index (χ0n) is 44.1. The molecule has 0 spiro atoms. The Morgan fingerprint density at radius 2 is 0.667 bits per heavy atom. The first-order chi connectivity index (χ1) is 34.8. The fraction of sp³-hybridized carbons (Fsp3) is 0.709. The third kappa shape index (κ3) is 52.1. The number of hydrogen-bond donors (Lipinski definition) is 5. The van der Waals surface area contributed by atoms with Crippen molar-refractivity contribution in [2.75, 3.05) is 39.6 Å². The molecule has 5 atom stereocenters. The summed E-state index contributed by atoms with van der Waals surface area (Å²) in [5.41, 5.74) is 0. The maximum absolute atomic E-state index is 12.2. The summed E-state index contributed by atoms with van der Waals surface area (Å²) in [7, 11) is -9.61. The molecule has 15 nitrogen and oxygen atoms in total. The highest BCUT2D eigenvalue weighted by Crippen LogP contribution is 2.45. The molecule has 5 unspecified atom stereocenters. The van der Waals surface area contributed by atoms with Gasteiger partial charge in [0, 0.05) is 12.8 Å². The number of phosphoric acid groups is 2. The quantitative estimate of drug-likeness (QED) is 0.0165. The number of rotatable bonds is 51. The van der Waals surface area contributed by atoms with Crippen molar-refractivity contribution >= 4 is 27.6 Å². The highest BCUT2D eigenvalue weighted by Gasteiger charge is 2.28. The Morgan fingerprint density at radius 3 is 1.04 bits per heavy atom. The molecular formula is C55H96O15P2. The molecular weight excluding hydrogens is 963 g/mol. The van der Waals surface area contributed by atoms with E-state index >= 15 is 0 Å². The van der Waals surface area contributed by atoms with Crippen LogP contribution in [0.4, 0.5) is 0 Å². The van der Waals surface area contributed by atoms with E-state index in [0.717, 1.165) is 51.4 Å². The Hall–Kier alpha value is -2.78. The molecule has 0 radical (unpaired) electrons. The monoisotopic (exact) mass is 1060 g/mol. The van der Waals surface area contributed by atoms with Crippen molar-refractivity contribution in [3.63, 3.8) is 0 Å². The number of allylic oxidation sites excluding steroid dienone is 14. The van der Waals surface area contributed by atoms with Crippen LogP contribution < -0.4 is 0 Å². The van der Waals surface area contributed by atoms with Crippen LogP contribution in [0, 0.1) is 0 Å². The van der Waals surface area contributed by atoms with Gasteiger partial charge in [0.1, 0.15) is 31.5 Å². The second-order valence-corrected chi connectivity index (χ2v) is 20.8. The molecule has 72 heavy (non-hydrogen) atoms. The van der Waals surface area contributed by atoms with Gasteiger partial charge in [-0.1, -0.05) is 189 Å². The van der Waals surface area contributed by atoms with Crippen molar-refractivity contribution in [3.05, 3.63) is 85.1 Å². The Balaban J connectivity index is 3.91. The number of unbranched alkanes of at least 4 members (excludes halogenated alkanes) is 17. The van der Waals surface area contributed by atoms with Gasteiger partial charge in [0.05, 0.1) is 26.4 Å². The Morgan fingerprint density at radius 1 is 0.375 bits per heavy atom. The fourth-order valence-electron chi connectivity index (χ4n) is 6.70. The van der Waals surface area contributed by atoms with Gasteiger partial charge in [-0.3, -0.25) is 27.7 Å². The van der Waals surface area contributed by atoms with Gasteiger partial charge in [0.2, 0.25) is 0 Å². The molecule has 17 heteroatoms. The first kappa shape index (κ1) is 69.2. The van der Waals surface area contributed by atoms with E-state index in [1.807, 2.05) is 18.2 Å². The predicted molar refractivity (Wildman–Crippen MR) is 288 cm³/mol. The third-order valence-corrected chi connectivity index (χ3v) is 12.7. The summed E-state index contributed by atoms with van der Waals surface area (Å²) < 4.78 is 53.1. The van der Waals surface area contributed by atoms with Gasteiger partial charge in [0.25, 0.3) is 0 Å². The Kier molecular flexibility index (Phi) is 48.4. The molecule has 0 bridgehead atoms. The highest BCUT2D eigenvalue weighted by atomic mass is 31.2. The van der Waals surface area contributed by atoms with Crippen LogP contribution in [0.25, 0.3) is 0 Å². The zero-order valence-corrected chi connectivity index (χ0v) is 45.9. The number of aliphatic hydroxyl groups is 3. The lowest BCUT2D eigenvalue weighted by molar-refractivity contribution is -0.148. The minimum atomic E-state index is -4.81. The molecule has 0 amide bonds. The van der Waals surface area contributed by atoms with Gasteiger partial charge >= 0.3 is 27.6 Å². The molecule has 0 fully saturated rings. The maximum atomic E-state index is 12.2. The van der Waals surface area contributed by atoms with E-state index in [1.165, 1.54) is 96.3 Å². The topological polar surface area (TPSA) is 225 Å². The number of esters is 2. The van der Waals surface area contributed by atoms with Crippen LogP contribution in [0.5, 0.6) is 0 Å². The summed E-state index contributed by atoms with van der Waals surface area (Å²) >= 11 is 0. The van der Waals surface area contributed by atoms with Crippen molar-refractivity contribution in [3.8, 4) is 0 Å². The minimum Gasteiger partial charge on any atom is -0.463 e. The first-order valence-corrected chi connectivity index (χ1v) is 29.9. The summed E-state index contributed by atoms with van der Waals surface area (Å²) in [6, 6.07) is 0. The summed E-state index contributed by atoms with van der Waals surface area (Å²) in [6.07, 6.45) is 54.4. The lowest BCUT2D eigenvalue weighted by atomic mass is 10.0. The number of carbonyl (C=O) groups is 2. The standard InChI is InChI=1S/C55H96O15P2/c1-3-5-7-9-11-13-15-17-19-21-23-24-26-28-30-32-34-36-38-40-42-44-55(60)66-46-52(57)48-68-72(63,64)70-50-53(58)49-69-71(61,62)67-47-51(56)45-65-54(59)43-41-39-37-35-33-31-29-27-25-22-20-18-16-14-12-10-8-6-4-2/h6,8,12,14,17-20,25,27,31,33,37,39,51-53,56-58H,3-5,7,9-11,13,15-16,21-24,26,28-30,32,34-36,38,40-50H2,1-2H3,(H,61,62)(H,63,64)/b8-6-,14-12-,19-17+,20-18-,27-25-,33-31-,39-37-. The van der Waals surface area contributed by atoms with Crippen molar-refractivity contribution in [1.29, 1.82) is 0 Å². The second-order valence-electron chi connectivity index (χ2n) is 17.9. The van der Waals surface area contributed by atoms with Gasteiger partial charge in [-0.25, -0.2) is 9.13 Å². The SMILES string of the molecule is CC/C=C\C/C=C\C/C=C\C/C=C\C/C=C\C/C=C\CCC(=O)OCC(O)COP(=O)(O)OCC(O)COP(=O)(O)OCC(O)COC(=O)CCCCCCCCCCCCC/C=C/CCCCCCCC. The van der Waals surface area contributed by atoms with Gasteiger partial charge in [-0.2, -0.15) is 0 Å². The van der Waals surface area contributed by atoms with E-state index in [1.54, 1.807) is 0 Å². The normalized spacial score (nSPS) is 15.5. The molecule has 0 aromatic heterocycles. The van der Waals surface area contributed by atoms with E-state index < -0.39 is 85.5 Å². The molecule has 0 heterocycles. The summed E-state index contributed by atoms with van der Waals surface area (Å²) in [5, 5.41) is 30.1. The van der Waals surface area contributed by atoms with Crippen LogP contribution in [-0.4, -0.2) is 95.0 Å². The van der Waals surface area contributed by atoms with Crippen LogP contribution in [-0.2, 0) is 46.3 Å².